The highest BCUT2D eigenvalue weighted by Gasteiger charge is 2.07. The van der Waals surface area contributed by atoms with Crippen molar-refractivity contribution in [3.63, 3.8) is 0 Å². The SMILES string of the molecule is CCOc1ccnc(NCC(=O)N(C)CC)n1. The van der Waals surface area contributed by atoms with Crippen LogP contribution >= 0.6 is 0 Å². The Morgan fingerprint density at radius 1 is 1.53 bits per heavy atom. The van der Waals surface area contributed by atoms with Crippen LogP contribution in [0.5, 0.6) is 5.88 Å². The van der Waals surface area contributed by atoms with E-state index in [-0.39, 0.29) is 12.5 Å². The topological polar surface area (TPSA) is 67.3 Å². The molecular formula is C11H18N4O2. The molecule has 0 aromatic carbocycles. The fraction of sp³-hybridized carbons (Fsp3) is 0.545. The Kier molecular flexibility index (Phi) is 5.19. The van der Waals surface area contributed by atoms with Crippen LogP contribution in [0.3, 0.4) is 0 Å². The number of nitrogens with one attached hydrogen (secondary N) is 1. The molecular weight excluding hydrogens is 220 g/mol. The van der Waals surface area contributed by atoms with Crippen molar-refractivity contribution in [2.45, 2.75) is 13.8 Å². The van der Waals surface area contributed by atoms with Gasteiger partial charge in [-0.15, -0.1) is 0 Å². The number of hydrogen-bond acceptors (Lipinski definition) is 5. The molecule has 1 aromatic heterocycles. The zero-order valence-corrected chi connectivity index (χ0v) is 10.4. The minimum absolute atomic E-state index is 0.00193. The summed E-state index contributed by atoms with van der Waals surface area (Å²) in [6, 6.07) is 1.68. The van der Waals surface area contributed by atoms with Crippen LogP contribution in [0, 0.1) is 0 Å². The Hall–Kier alpha value is -1.85. The van der Waals surface area contributed by atoms with E-state index in [4.69, 9.17) is 4.74 Å². The largest absolute Gasteiger partial charge is 0.478 e. The molecule has 0 saturated carbocycles. The van der Waals surface area contributed by atoms with Gasteiger partial charge in [0, 0.05) is 25.9 Å². The van der Waals surface area contributed by atoms with Gasteiger partial charge in [-0.05, 0) is 13.8 Å². The van der Waals surface area contributed by atoms with Gasteiger partial charge in [-0.3, -0.25) is 4.79 Å². The highest BCUT2D eigenvalue weighted by atomic mass is 16.5. The van der Waals surface area contributed by atoms with Crippen molar-refractivity contribution in [1.82, 2.24) is 14.9 Å². The van der Waals surface area contributed by atoms with Gasteiger partial charge in [0.1, 0.15) is 0 Å². The Bertz CT molecular complexity index is 370. The maximum atomic E-state index is 11.5. The van der Waals surface area contributed by atoms with E-state index in [1.165, 1.54) is 0 Å². The Morgan fingerprint density at radius 3 is 2.94 bits per heavy atom. The predicted molar refractivity (Wildman–Crippen MR) is 65.0 cm³/mol. The van der Waals surface area contributed by atoms with Crippen LogP contribution < -0.4 is 10.1 Å². The van der Waals surface area contributed by atoms with E-state index in [9.17, 15) is 4.79 Å². The molecule has 17 heavy (non-hydrogen) atoms. The second kappa shape index (κ2) is 6.67. The summed E-state index contributed by atoms with van der Waals surface area (Å²) in [7, 11) is 1.75. The second-order valence-electron chi connectivity index (χ2n) is 3.41. The minimum atomic E-state index is -0.00193. The summed E-state index contributed by atoms with van der Waals surface area (Å²) in [5.74, 6) is 0.896. The first-order valence-electron chi connectivity index (χ1n) is 5.61. The number of carbonyl (C=O) groups is 1. The molecule has 1 heterocycles. The van der Waals surface area contributed by atoms with Crippen molar-refractivity contribution >= 4 is 11.9 Å². The lowest BCUT2D eigenvalue weighted by molar-refractivity contribution is -0.127. The molecule has 0 unspecified atom stereocenters. The average Bonchev–Trinajstić information content (AvgIpc) is 2.36. The first kappa shape index (κ1) is 13.2. The van der Waals surface area contributed by atoms with Crippen LogP contribution in [0.15, 0.2) is 12.3 Å². The number of nitrogens with zero attached hydrogens (tertiary/aromatic N) is 3. The highest BCUT2D eigenvalue weighted by Crippen LogP contribution is 2.07. The Balaban J connectivity index is 2.51. The second-order valence-corrected chi connectivity index (χ2v) is 3.41. The van der Waals surface area contributed by atoms with Gasteiger partial charge in [0.05, 0.1) is 13.2 Å². The van der Waals surface area contributed by atoms with E-state index >= 15 is 0 Å². The summed E-state index contributed by atoms with van der Waals surface area (Å²) in [5, 5.41) is 2.87. The van der Waals surface area contributed by atoms with E-state index < -0.39 is 0 Å². The van der Waals surface area contributed by atoms with E-state index in [1.54, 1.807) is 24.2 Å². The van der Waals surface area contributed by atoms with Crippen molar-refractivity contribution < 1.29 is 9.53 Å². The van der Waals surface area contributed by atoms with Gasteiger partial charge in [-0.25, -0.2) is 4.98 Å². The molecule has 0 atom stereocenters. The summed E-state index contributed by atoms with van der Waals surface area (Å²) in [6.07, 6.45) is 1.59. The standard InChI is InChI=1S/C11H18N4O2/c1-4-15(3)10(16)8-13-11-12-7-6-9(14-11)17-5-2/h6-7H,4-5,8H2,1-3H3,(H,12,13,14). The molecule has 0 aliphatic rings. The summed E-state index contributed by atoms with van der Waals surface area (Å²) >= 11 is 0. The van der Waals surface area contributed by atoms with E-state index in [1.807, 2.05) is 13.8 Å². The van der Waals surface area contributed by atoms with Gasteiger partial charge in [-0.2, -0.15) is 4.98 Å². The van der Waals surface area contributed by atoms with Crippen LogP contribution in [0.1, 0.15) is 13.8 Å². The van der Waals surface area contributed by atoms with Crippen LogP contribution in [-0.2, 0) is 4.79 Å². The van der Waals surface area contributed by atoms with Gasteiger partial charge in [-0.1, -0.05) is 0 Å². The highest BCUT2D eigenvalue weighted by molar-refractivity contribution is 5.80. The number of ether oxygens (including phenoxy) is 1. The van der Waals surface area contributed by atoms with Gasteiger partial charge in [0.2, 0.25) is 17.7 Å². The van der Waals surface area contributed by atoms with Crippen LogP contribution in [0.2, 0.25) is 0 Å². The molecule has 0 spiro atoms. The summed E-state index contributed by atoms with van der Waals surface area (Å²) in [4.78, 5) is 21.3. The van der Waals surface area contributed by atoms with Crippen molar-refractivity contribution in [3.05, 3.63) is 12.3 Å². The molecule has 6 nitrogen and oxygen atoms in total. The third kappa shape index (κ3) is 4.26. The van der Waals surface area contributed by atoms with E-state index in [2.05, 4.69) is 15.3 Å². The summed E-state index contributed by atoms with van der Waals surface area (Å²) in [5.41, 5.74) is 0. The number of rotatable bonds is 6. The summed E-state index contributed by atoms with van der Waals surface area (Å²) < 4.78 is 5.24. The molecule has 0 fully saturated rings. The smallest absolute Gasteiger partial charge is 0.241 e. The third-order valence-corrected chi connectivity index (χ3v) is 2.22. The predicted octanol–water partition coefficient (Wildman–Crippen LogP) is 0.765. The lowest BCUT2D eigenvalue weighted by atomic mass is 10.5. The van der Waals surface area contributed by atoms with Gasteiger partial charge in [0.25, 0.3) is 0 Å². The lowest BCUT2D eigenvalue weighted by Gasteiger charge is -2.14. The molecule has 0 saturated heterocycles. The fourth-order valence-corrected chi connectivity index (χ4v) is 1.12. The molecule has 0 radical (unpaired) electrons. The number of aromatic nitrogens is 2. The molecule has 1 aromatic rings. The molecule has 1 rings (SSSR count). The Labute approximate surface area is 101 Å². The van der Waals surface area contributed by atoms with E-state index in [0.717, 1.165) is 0 Å². The van der Waals surface area contributed by atoms with Crippen molar-refractivity contribution in [3.8, 4) is 5.88 Å². The summed E-state index contributed by atoms with van der Waals surface area (Å²) in [6.45, 7) is 5.22. The lowest BCUT2D eigenvalue weighted by Crippen LogP contribution is -2.32. The van der Waals surface area contributed by atoms with Crippen molar-refractivity contribution in [2.24, 2.45) is 0 Å². The third-order valence-electron chi connectivity index (χ3n) is 2.22. The maximum absolute atomic E-state index is 11.5. The first-order chi connectivity index (χ1) is 8.17. The molecule has 94 valence electrons. The normalized spacial score (nSPS) is 9.82. The molecule has 6 heteroatoms. The number of hydrogen-bond donors (Lipinski definition) is 1. The zero-order valence-electron chi connectivity index (χ0n) is 10.4. The average molecular weight is 238 g/mol. The van der Waals surface area contributed by atoms with Crippen LogP contribution in [-0.4, -0.2) is 47.5 Å². The first-order valence-corrected chi connectivity index (χ1v) is 5.61. The molecule has 0 aliphatic heterocycles. The Morgan fingerprint density at radius 2 is 2.29 bits per heavy atom. The number of anilines is 1. The molecule has 1 N–H and O–H groups in total. The molecule has 0 aliphatic carbocycles. The quantitative estimate of drug-likeness (QED) is 0.792. The minimum Gasteiger partial charge on any atom is -0.478 e. The van der Waals surface area contributed by atoms with Crippen LogP contribution in [0.25, 0.3) is 0 Å². The van der Waals surface area contributed by atoms with Gasteiger partial charge >= 0.3 is 0 Å². The zero-order chi connectivity index (χ0) is 12.7. The molecule has 1 amide bonds. The van der Waals surface area contributed by atoms with Crippen LogP contribution in [0.4, 0.5) is 5.95 Å². The maximum Gasteiger partial charge on any atom is 0.241 e. The fourth-order valence-electron chi connectivity index (χ4n) is 1.12. The van der Waals surface area contributed by atoms with Crippen molar-refractivity contribution in [1.29, 1.82) is 0 Å². The van der Waals surface area contributed by atoms with Gasteiger partial charge < -0.3 is 15.0 Å². The van der Waals surface area contributed by atoms with E-state index in [0.29, 0.717) is 25.0 Å². The molecule has 0 bridgehead atoms. The number of carbonyl (C=O) groups excluding carboxylic acids is 1. The monoisotopic (exact) mass is 238 g/mol. The number of amides is 1. The van der Waals surface area contributed by atoms with Gasteiger partial charge in [0.15, 0.2) is 0 Å². The van der Waals surface area contributed by atoms with Crippen molar-refractivity contribution in [2.75, 3.05) is 32.1 Å². The number of likely N-dealkylation sites (N-methyl/N-ethyl adjacent to an activating group) is 1.